The van der Waals surface area contributed by atoms with Crippen molar-refractivity contribution in [1.29, 1.82) is 0 Å². The van der Waals surface area contributed by atoms with Gasteiger partial charge in [0.15, 0.2) is 0 Å². The molecule has 0 aliphatic carbocycles. The highest BCUT2D eigenvalue weighted by Crippen LogP contribution is 2.36. The van der Waals surface area contributed by atoms with Gasteiger partial charge in [-0.25, -0.2) is 4.98 Å². The summed E-state index contributed by atoms with van der Waals surface area (Å²) in [5, 5.41) is 4.68. The fourth-order valence-corrected chi connectivity index (χ4v) is 4.42. The molecule has 29 heavy (non-hydrogen) atoms. The number of para-hydroxylation sites is 1. The molecule has 0 aliphatic heterocycles. The minimum Gasteiger partial charge on any atom is -0.456 e. The average Bonchev–Trinajstić information content (AvgIpc) is 3.32. The second-order valence-electron chi connectivity index (χ2n) is 7.86. The molecule has 2 heterocycles. The van der Waals surface area contributed by atoms with Crippen LogP contribution in [0.25, 0.3) is 55.1 Å². The highest BCUT2D eigenvalue weighted by atomic mass is 16.3. The van der Waals surface area contributed by atoms with Crippen LogP contribution in [0.1, 0.15) is 19.9 Å². The first kappa shape index (κ1) is 16.4. The molecule has 2 aromatic heterocycles. The molecule has 3 nitrogen and oxygen atoms in total. The predicted molar refractivity (Wildman–Crippen MR) is 120 cm³/mol. The topological polar surface area (TPSA) is 31.0 Å². The summed E-state index contributed by atoms with van der Waals surface area (Å²) >= 11 is 0. The van der Waals surface area contributed by atoms with Gasteiger partial charge < -0.3 is 8.98 Å². The Balaban J connectivity index is 1.69. The summed E-state index contributed by atoms with van der Waals surface area (Å²) in [7, 11) is 0. The molecule has 0 aliphatic rings. The first-order valence-electron chi connectivity index (χ1n) is 10.0. The SMILES string of the molecule is CC(C)n1c(-c2ccc3oc4ccccc4c3c2)nc2c3ccccc3ccc21. The van der Waals surface area contributed by atoms with Gasteiger partial charge in [0.2, 0.25) is 0 Å². The summed E-state index contributed by atoms with van der Waals surface area (Å²) in [4.78, 5) is 5.14. The molecule has 0 N–H and O–H groups in total. The van der Waals surface area contributed by atoms with Crippen LogP contribution in [0.3, 0.4) is 0 Å². The van der Waals surface area contributed by atoms with E-state index in [-0.39, 0.29) is 0 Å². The van der Waals surface area contributed by atoms with E-state index in [1.54, 1.807) is 0 Å². The number of fused-ring (bicyclic) bond motifs is 6. The van der Waals surface area contributed by atoms with E-state index in [0.29, 0.717) is 6.04 Å². The molecule has 0 spiro atoms. The number of benzene rings is 4. The third kappa shape index (κ3) is 2.34. The van der Waals surface area contributed by atoms with Crippen LogP contribution >= 0.6 is 0 Å². The lowest BCUT2D eigenvalue weighted by atomic mass is 10.1. The van der Waals surface area contributed by atoms with Crippen molar-refractivity contribution in [2.45, 2.75) is 19.9 Å². The fraction of sp³-hybridized carbons (Fsp3) is 0.115. The van der Waals surface area contributed by atoms with Crippen molar-refractivity contribution in [3.8, 4) is 11.4 Å². The second kappa shape index (κ2) is 5.95. The summed E-state index contributed by atoms with van der Waals surface area (Å²) < 4.78 is 8.35. The van der Waals surface area contributed by atoms with Gasteiger partial charge >= 0.3 is 0 Å². The van der Waals surface area contributed by atoms with Crippen LogP contribution in [-0.2, 0) is 0 Å². The zero-order valence-corrected chi connectivity index (χ0v) is 16.4. The number of imidazole rings is 1. The van der Waals surface area contributed by atoms with E-state index in [9.17, 15) is 0 Å². The molecule has 0 saturated carbocycles. The molecule has 6 rings (SSSR count). The fourth-order valence-electron chi connectivity index (χ4n) is 4.42. The monoisotopic (exact) mass is 376 g/mol. The molecule has 0 amide bonds. The molecule has 0 unspecified atom stereocenters. The molecule has 6 aromatic rings. The van der Waals surface area contributed by atoms with Crippen molar-refractivity contribution in [3.05, 3.63) is 78.9 Å². The Kier molecular flexibility index (Phi) is 3.36. The molecule has 0 fully saturated rings. The number of aromatic nitrogens is 2. The van der Waals surface area contributed by atoms with Crippen molar-refractivity contribution in [2.75, 3.05) is 0 Å². The quantitative estimate of drug-likeness (QED) is 0.316. The van der Waals surface area contributed by atoms with Crippen molar-refractivity contribution < 1.29 is 4.42 Å². The van der Waals surface area contributed by atoms with Crippen LogP contribution in [0.5, 0.6) is 0 Å². The Morgan fingerprint density at radius 3 is 2.38 bits per heavy atom. The molecule has 0 radical (unpaired) electrons. The Morgan fingerprint density at radius 2 is 1.52 bits per heavy atom. The van der Waals surface area contributed by atoms with Gasteiger partial charge in [-0.3, -0.25) is 0 Å². The molecule has 0 bridgehead atoms. The third-order valence-corrected chi connectivity index (χ3v) is 5.74. The molecule has 0 saturated heterocycles. The van der Waals surface area contributed by atoms with Gasteiger partial charge in [-0.1, -0.05) is 48.5 Å². The minimum atomic E-state index is 0.299. The highest BCUT2D eigenvalue weighted by Gasteiger charge is 2.18. The van der Waals surface area contributed by atoms with E-state index in [4.69, 9.17) is 9.40 Å². The molecule has 0 atom stereocenters. The van der Waals surface area contributed by atoms with Crippen LogP contribution in [-0.4, -0.2) is 9.55 Å². The van der Waals surface area contributed by atoms with E-state index < -0.39 is 0 Å². The summed E-state index contributed by atoms with van der Waals surface area (Å²) in [6.07, 6.45) is 0. The van der Waals surface area contributed by atoms with Crippen LogP contribution in [0.15, 0.2) is 83.3 Å². The Labute approximate surface area is 168 Å². The smallest absolute Gasteiger partial charge is 0.141 e. The van der Waals surface area contributed by atoms with Crippen molar-refractivity contribution >= 4 is 43.7 Å². The van der Waals surface area contributed by atoms with Crippen LogP contribution in [0.4, 0.5) is 0 Å². The lowest BCUT2D eigenvalue weighted by molar-refractivity contribution is 0.624. The summed E-state index contributed by atoms with van der Waals surface area (Å²) in [6, 6.07) is 27.7. The summed E-state index contributed by atoms with van der Waals surface area (Å²) in [6.45, 7) is 4.43. The zero-order chi connectivity index (χ0) is 19.5. The van der Waals surface area contributed by atoms with E-state index in [0.717, 1.165) is 38.8 Å². The van der Waals surface area contributed by atoms with Gasteiger partial charge in [-0.2, -0.15) is 0 Å². The van der Waals surface area contributed by atoms with Crippen molar-refractivity contribution in [3.63, 3.8) is 0 Å². The Bertz CT molecular complexity index is 1530. The van der Waals surface area contributed by atoms with Gasteiger partial charge in [-0.05, 0) is 49.6 Å². The van der Waals surface area contributed by atoms with Crippen molar-refractivity contribution in [1.82, 2.24) is 9.55 Å². The molecular formula is C26H20N2O. The number of nitrogens with zero attached hydrogens (tertiary/aromatic N) is 2. The maximum Gasteiger partial charge on any atom is 0.141 e. The predicted octanol–water partition coefficient (Wildman–Crippen LogP) is 7.34. The molecule has 4 aromatic carbocycles. The van der Waals surface area contributed by atoms with Crippen LogP contribution < -0.4 is 0 Å². The van der Waals surface area contributed by atoms with Gasteiger partial charge in [0, 0.05) is 27.8 Å². The third-order valence-electron chi connectivity index (χ3n) is 5.74. The first-order valence-corrected chi connectivity index (χ1v) is 10.0. The maximum absolute atomic E-state index is 6.01. The van der Waals surface area contributed by atoms with Crippen molar-refractivity contribution in [2.24, 2.45) is 0 Å². The molecule has 140 valence electrons. The first-order chi connectivity index (χ1) is 14.2. The zero-order valence-electron chi connectivity index (χ0n) is 16.4. The Morgan fingerprint density at radius 1 is 0.759 bits per heavy atom. The van der Waals surface area contributed by atoms with Gasteiger partial charge in [0.1, 0.15) is 17.0 Å². The number of rotatable bonds is 2. The second-order valence-corrected chi connectivity index (χ2v) is 7.86. The summed E-state index contributed by atoms with van der Waals surface area (Å²) in [5.74, 6) is 0.999. The molecular weight excluding hydrogens is 356 g/mol. The highest BCUT2D eigenvalue weighted by molar-refractivity contribution is 6.07. The normalized spacial score (nSPS) is 12.1. The van der Waals surface area contributed by atoms with Crippen LogP contribution in [0, 0.1) is 0 Å². The number of hydrogen-bond donors (Lipinski definition) is 0. The summed E-state index contributed by atoms with van der Waals surface area (Å²) in [5.41, 5.74) is 5.17. The van der Waals surface area contributed by atoms with E-state index >= 15 is 0 Å². The lowest BCUT2D eigenvalue weighted by Crippen LogP contribution is -2.03. The largest absolute Gasteiger partial charge is 0.456 e. The lowest BCUT2D eigenvalue weighted by Gasteiger charge is -2.13. The van der Waals surface area contributed by atoms with E-state index in [2.05, 4.69) is 85.1 Å². The maximum atomic E-state index is 6.01. The van der Waals surface area contributed by atoms with Gasteiger partial charge in [0.05, 0.1) is 11.0 Å². The average molecular weight is 376 g/mol. The van der Waals surface area contributed by atoms with Gasteiger partial charge in [-0.15, -0.1) is 0 Å². The number of furan rings is 1. The van der Waals surface area contributed by atoms with E-state index in [1.807, 2.05) is 12.1 Å². The Hall–Kier alpha value is -3.59. The van der Waals surface area contributed by atoms with Gasteiger partial charge in [0.25, 0.3) is 0 Å². The standard InChI is InChI=1S/C26H20N2O/c1-16(2)28-22-13-11-17-7-3-4-8-19(17)25(22)27-26(28)18-12-14-24-21(15-18)20-9-5-6-10-23(20)29-24/h3-16H,1-2H3. The van der Waals surface area contributed by atoms with E-state index in [1.165, 1.54) is 16.3 Å². The number of hydrogen-bond acceptors (Lipinski definition) is 2. The minimum absolute atomic E-state index is 0.299. The molecule has 3 heteroatoms. The van der Waals surface area contributed by atoms with Crippen LogP contribution in [0.2, 0.25) is 0 Å².